The van der Waals surface area contributed by atoms with Crippen molar-refractivity contribution >= 4 is 38.7 Å². The van der Waals surface area contributed by atoms with Gasteiger partial charge in [-0.15, -0.1) is 0 Å². The van der Waals surface area contributed by atoms with Crippen LogP contribution < -0.4 is 5.32 Å². The second kappa shape index (κ2) is 8.57. The molecule has 2 aromatic rings. The van der Waals surface area contributed by atoms with Crippen LogP contribution in [0.15, 0.2) is 23.1 Å². The van der Waals surface area contributed by atoms with E-state index in [0.717, 1.165) is 11.7 Å². The van der Waals surface area contributed by atoms with Gasteiger partial charge in [-0.05, 0) is 25.0 Å². The maximum atomic E-state index is 13.1. The number of aromatic nitrogens is 2. The molecule has 3 rings (SSSR count). The molecule has 0 saturated carbocycles. The van der Waals surface area contributed by atoms with Crippen LogP contribution in [0.25, 0.3) is 11.0 Å². The predicted molar refractivity (Wildman–Crippen MR) is 99.7 cm³/mol. The Labute approximate surface area is 162 Å². The molecule has 1 saturated heterocycles. The number of hydrogen-bond donors (Lipinski definition) is 1. The van der Waals surface area contributed by atoms with Crippen LogP contribution in [-0.4, -0.2) is 67.5 Å². The summed E-state index contributed by atoms with van der Waals surface area (Å²) in [5.41, 5.74) is 0.926. The summed E-state index contributed by atoms with van der Waals surface area (Å²) in [6, 6.07) is 4.91. The highest BCUT2D eigenvalue weighted by Crippen LogP contribution is 2.28. The number of benzene rings is 1. The standard InChI is InChI=1S/C16H22N4O5S2/c1-24-14(25-2)9-17-16(21)11-5-4-8-20(10-11)27(22,23)13-7-3-6-12-15(13)19-26-18-12/h3,6-7,11,14H,4-5,8-10H2,1-2H3,(H,17,21). The van der Waals surface area contributed by atoms with Gasteiger partial charge in [-0.25, -0.2) is 8.42 Å². The molecule has 148 valence electrons. The minimum atomic E-state index is -3.76. The average Bonchev–Trinajstić information content (AvgIpc) is 3.17. The second-order valence-electron chi connectivity index (χ2n) is 6.24. The minimum absolute atomic E-state index is 0.132. The first-order valence-corrected chi connectivity index (χ1v) is 10.7. The summed E-state index contributed by atoms with van der Waals surface area (Å²) in [7, 11) is -0.779. The molecule has 1 aliphatic rings. The summed E-state index contributed by atoms with van der Waals surface area (Å²) in [6.07, 6.45) is 0.707. The Morgan fingerprint density at radius 3 is 2.89 bits per heavy atom. The van der Waals surface area contributed by atoms with Crippen LogP contribution in [0.4, 0.5) is 0 Å². The Morgan fingerprint density at radius 2 is 2.15 bits per heavy atom. The Kier molecular flexibility index (Phi) is 6.37. The van der Waals surface area contributed by atoms with E-state index in [4.69, 9.17) is 9.47 Å². The van der Waals surface area contributed by atoms with Crippen molar-refractivity contribution in [3.63, 3.8) is 0 Å². The van der Waals surface area contributed by atoms with Gasteiger partial charge in [0.2, 0.25) is 15.9 Å². The lowest BCUT2D eigenvalue weighted by Crippen LogP contribution is -2.46. The van der Waals surface area contributed by atoms with Gasteiger partial charge in [-0.3, -0.25) is 4.79 Å². The topological polar surface area (TPSA) is 111 Å². The van der Waals surface area contributed by atoms with Crippen LogP contribution in [-0.2, 0) is 24.3 Å². The van der Waals surface area contributed by atoms with Crippen molar-refractivity contribution in [2.45, 2.75) is 24.0 Å². The molecule has 1 N–H and O–H groups in total. The van der Waals surface area contributed by atoms with Gasteiger partial charge in [0.05, 0.1) is 24.2 Å². The number of ether oxygens (including phenoxy) is 2. The number of nitrogens with one attached hydrogen (secondary N) is 1. The quantitative estimate of drug-likeness (QED) is 0.668. The lowest BCUT2D eigenvalue weighted by Gasteiger charge is -2.31. The van der Waals surface area contributed by atoms with E-state index in [1.807, 2.05) is 0 Å². The van der Waals surface area contributed by atoms with E-state index in [1.54, 1.807) is 12.1 Å². The molecule has 9 nitrogen and oxygen atoms in total. The highest BCUT2D eigenvalue weighted by Gasteiger charge is 2.34. The molecule has 0 aliphatic carbocycles. The van der Waals surface area contributed by atoms with Crippen LogP contribution in [0.3, 0.4) is 0 Å². The molecule has 2 heterocycles. The number of piperidine rings is 1. The van der Waals surface area contributed by atoms with Crippen LogP contribution in [0, 0.1) is 5.92 Å². The van der Waals surface area contributed by atoms with Gasteiger partial charge in [0.15, 0.2) is 6.29 Å². The van der Waals surface area contributed by atoms with E-state index in [1.165, 1.54) is 24.6 Å². The summed E-state index contributed by atoms with van der Waals surface area (Å²) in [5.74, 6) is -0.627. The van der Waals surface area contributed by atoms with E-state index < -0.39 is 22.2 Å². The van der Waals surface area contributed by atoms with Crippen molar-refractivity contribution in [3.05, 3.63) is 18.2 Å². The van der Waals surface area contributed by atoms with Gasteiger partial charge >= 0.3 is 0 Å². The number of methoxy groups -OCH3 is 2. The molecular formula is C16H22N4O5S2. The molecule has 1 atom stereocenters. The van der Waals surface area contributed by atoms with Crippen molar-refractivity contribution < 1.29 is 22.7 Å². The molecule has 1 aromatic heterocycles. The summed E-state index contributed by atoms with van der Waals surface area (Å²) in [4.78, 5) is 12.6. The Balaban J connectivity index is 1.73. The summed E-state index contributed by atoms with van der Waals surface area (Å²) < 4.78 is 45.9. The molecule has 11 heteroatoms. The number of carbonyl (C=O) groups excluding carboxylic acids is 1. The average molecular weight is 415 g/mol. The Hall–Kier alpha value is -1.66. The Bertz CT molecular complexity index is 897. The summed E-state index contributed by atoms with van der Waals surface area (Å²) in [5, 5.41) is 2.76. The molecule has 27 heavy (non-hydrogen) atoms. The highest BCUT2D eigenvalue weighted by atomic mass is 32.2. The van der Waals surface area contributed by atoms with Crippen LogP contribution in [0.1, 0.15) is 12.8 Å². The molecule has 1 unspecified atom stereocenters. The first kappa shape index (κ1) is 20.1. The molecular weight excluding hydrogens is 392 g/mol. The van der Waals surface area contributed by atoms with Crippen LogP contribution >= 0.6 is 11.7 Å². The Morgan fingerprint density at radius 1 is 1.37 bits per heavy atom. The van der Waals surface area contributed by atoms with Gasteiger partial charge in [-0.1, -0.05) is 6.07 Å². The summed E-state index contributed by atoms with van der Waals surface area (Å²) >= 11 is 0.978. The number of amides is 1. The van der Waals surface area contributed by atoms with E-state index in [2.05, 4.69) is 14.1 Å². The fourth-order valence-corrected chi connectivity index (χ4v) is 5.37. The van der Waals surface area contributed by atoms with Gasteiger partial charge in [-0.2, -0.15) is 13.1 Å². The number of fused-ring (bicyclic) bond motifs is 1. The molecule has 1 aliphatic heterocycles. The number of sulfonamides is 1. The van der Waals surface area contributed by atoms with Crippen molar-refractivity contribution in [2.24, 2.45) is 5.92 Å². The number of carbonyl (C=O) groups is 1. The predicted octanol–water partition coefficient (Wildman–Crippen LogP) is 0.827. The fourth-order valence-electron chi connectivity index (χ4n) is 3.09. The van der Waals surface area contributed by atoms with E-state index in [-0.39, 0.29) is 23.9 Å². The normalized spacial score (nSPS) is 18.9. The molecule has 0 radical (unpaired) electrons. The smallest absolute Gasteiger partial charge is 0.245 e. The van der Waals surface area contributed by atoms with Gasteiger partial charge in [0.1, 0.15) is 15.9 Å². The van der Waals surface area contributed by atoms with Gasteiger partial charge in [0, 0.05) is 27.3 Å². The zero-order valence-corrected chi connectivity index (χ0v) is 16.8. The van der Waals surface area contributed by atoms with Crippen LogP contribution in [0.2, 0.25) is 0 Å². The maximum Gasteiger partial charge on any atom is 0.245 e. The maximum absolute atomic E-state index is 13.1. The number of rotatable bonds is 7. The minimum Gasteiger partial charge on any atom is -0.354 e. The second-order valence-corrected chi connectivity index (χ2v) is 8.67. The summed E-state index contributed by atoms with van der Waals surface area (Å²) in [6.45, 7) is 0.713. The third-order valence-corrected chi connectivity index (χ3v) is 7.03. The highest BCUT2D eigenvalue weighted by molar-refractivity contribution is 7.89. The third-order valence-electron chi connectivity index (χ3n) is 4.59. The van der Waals surface area contributed by atoms with Gasteiger partial charge < -0.3 is 14.8 Å². The molecule has 1 aromatic carbocycles. The number of hydrogen-bond acceptors (Lipinski definition) is 8. The first-order valence-electron chi connectivity index (χ1n) is 8.52. The molecule has 1 amide bonds. The van der Waals surface area contributed by atoms with Crippen molar-refractivity contribution in [2.75, 3.05) is 33.9 Å². The van der Waals surface area contributed by atoms with E-state index in [0.29, 0.717) is 30.4 Å². The number of nitrogens with zero attached hydrogens (tertiary/aromatic N) is 3. The third kappa shape index (κ3) is 4.27. The SMILES string of the molecule is COC(CNC(=O)C1CCCN(S(=O)(=O)c2cccc3nsnc23)C1)OC. The molecule has 1 fully saturated rings. The largest absolute Gasteiger partial charge is 0.354 e. The van der Waals surface area contributed by atoms with E-state index in [9.17, 15) is 13.2 Å². The van der Waals surface area contributed by atoms with Crippen molar-refractivity contribution in [3.8, 4) is 0 Å². The molecule has 0 bridgehead atoms. The lowest BCUT2D eigenvalue weighted by molar-refractivity contribution is -0.131. The monoisotopic (exact) mass is 414 g/mol. The van der Waals surface area contributed by atoms with Crippen molar-refractivity contribution in [1.82, 2.24) is 18.4 Å². The van der Waals surface area contributed by atoms with Crippen LogP contribution in [0.5, 0.6) is 0 Å². The molecule has 0 spiro atoms. The van der Waals surface area contributed by atoms with Gasteiger partial charge in [0.25, 0.3) is 0 Å². The fraction of sp³-hybridized carbons (Fsp3) is 0.562. The first-order chi connectivity index (χ1) is 13.0. The zero-order chi connectivity index (χ0) is 19.4. The van der Waals surface area contributed by atoms with Crippen molar-refractivity contribution in [1.29, 1.82) is 0 Å². The van der Waals surface area contributed by atoms with E-state index >= 15 is 0 Å². The lowest BCUT2D eigenvalue weighted by atomic mass is 9.99. The zero-order valence-electron chi connectivity index (χ0n) is 15.1.